The van der Waals surface area contributed by atoms with Crippen LogP contribution in [-0.2, 0) is 4.79 Å². The molecule has 0 amide bonds. The van der Waals surface area contributed by atoms with E-state index in [1.807, 2.05) is 0 Å². The molecular formula is C9H15NO2. The third-order valence-electron chi connectivity index (χ3n) is 2.22. The minimum Gasteiger partial charge on any atom is -0.478 e. The SMILES string of the molecule is CN1CCC(C/C=C\C(=O)O)C1. The Hall–Kier alpha value is -0.830. The van der Waals surface area contributed by atoms with Gasteiger partial charge in [0.05, 0.1) is 0 Å². The van der Waals surface area contributed by atoms with Gasteiger partial charge in [-0.2, -0.15) is 0 Å². The maximum Gasteiger partial charge on any atom is 0.327 e. The highest BCUT2D eigenvalue weighted by Crippen LogP contribution is 2.17. The molecule has 1 saturated heterocycles. The highest BCUT2D eigenvalue weighted by atomic mass is 16.4. The molecule has 12 heavy (non-hydrogen) atoms. The van der Waals surface area contributed by atoms with Crippen LogP contribution in [0.3, 0.4) is 0 Å². The van der Waals surface area contributed by atoms with Crippen molar-refractivity contribution < 1.29 is 9.90 Å². The second-order valence-electron chi connectivity index (χ2n) is 3.39. The van der Waals surface area contributed by atoms with Crippen LogP contribution in [0.25, 0.3) is 0 Å². The average molecular weight is 169 g/mol. The van der Waals surface area contributed by atoms with Crippen LogP contribution in [-0.4, -0.2) is 36.1 Å². The summed E-state index contributed by atoms with van der Waals surface area (Å²) in [5.74, 6) is -0.188. The molecule has 1 aliphatic rings. The Balaban J connectivity index is 2.20. The molecule has 1 aliphatic heterocycles. The molecule has 3 heteroatoms. The van der Waals surface area contributed by atoms with Crippen LogP contribution in [0.15, 0.2) is 12.2 Å². The Morgan fingerprint density at radius 2 is 2.50 bits per heavy atom. The summed E-state index contributed by atoms with van der Waals surface area (Å²) in [6.07, 6.45) is 5.08. The third-order valence-corrected chi connectivity index (χ3v) is 2.22. The molecule has 1 heterocycles. The summed E-state index contributed by atoms with van der Waals surface area (Å²) in [4.78, 5) is 12.4. The molecule has 0 radical (unpaired) electrons. The monoisotopic (exact) mass is 169 g/mol. The summed E-state index contributed by atoms with van der Waals surface area (Å²) in [6.45, 7) is 2.25. The molecular weight excluding hydrogens is 154 g/mol. The van der Waals surface area contributed by atoms with Gasteiger partial charge in [-0.15, -0.1) is 0 Å². The van der Waals surface area contributed by atoms with Gasteiger partial charge in [-0.05, 0) is 32.4 Å². The summed E-state index contributed by atoms with van der Waals surface area (Å²) < 4.78 is 0. The Morgan fingerprint density at radius 1 is 1.75 bits per heavy atom. The third kappa shape index (κ3) is 3.05. The number of likely N-dealkylation sites (tertiary alicyclic amines) is 1. The van der Waals surface area contributed by atoms with Gasteiger partial charge in [0.1, 0.15) is 0 Å². The number of hydrogen-bond acceptors (Lipinski definition) is 2. The van der Waals surface area contributed by atoms with Gasteiger partial charge in [0, 0.05) is 12.6 Å². The number of aliphatic carboxylic acids is 1. The van der Waals surface area contributed by atoms with E-state index in [2.05, 4.69) is 11.9 Å². The van der Waals surface area contributed by atoms with E-state index in [4.69, 9.17) is 5.11 Å². The van der Waals surface area contributed by atoms with Crippen molar-refractivity contribution in [2.75, 3.05) is 20.1 Å². The summed E-state index contributed by atoms with van der Waals surface area (Å²) in [5.41, 5.74) is 0. The second kappa shape index (κ2) is 4.26. The van der Waals surface area contributed by atoms with E-state index < -0.39 is 5.97 Å². The Labute approximate surface area is 72.7 Å². The summed E-state index contributed by atoms with van der Waals surface area (Å²) >= 11 is 0. The van der Waals surface area contributed by atoms with Crippen molar-refractivity contribution in [3.05, 3.63) is 12.2 Å². The van der Waals surface area contributed by atoms with Gasteiger partial charge in [-0.3, -0.25) is 0 Å². The van der Waals surface area contributed by atoms with Crippen LogP contribution >= 0.6 is 0 Å². The van der Waals surface area contributed by atoms with Crippen LogP contribution in [0.5, 0.6) is 0 Å². The van der Waals surface area contributed by atoms with E-state index in [0.717, 1.165) is 19.5 Å². The van der Waals surface area contributed by atoms with Gasteiger partial charge in [0.2, 0.25) is 0 Å². The standard InChI is InChI=1S/C9H15NO2/c1-10-6-5-8(7-10)3-2-4-9(11)12/h2,4,8H,3,5-7H2,1H3,(H,11,12)/b4-2-. The van der Waals surface area contributed by atoms with Crippen molar-refractivity contribution in [3.8, 4) is 0 Å². The largest absolute Gasteiger partial charge is 0.478 e. The lowest BCUT2D eigenvalue weighted by atomic mass is 10.1. The van der Waals surface area contributed by atoms with Gasteiger partial charge in [0.15, 0.2) is 0 Å². The Morgan fingerprint density at radius 3 is 3.00 bits per heavy atom. The summed E-state index contributed by atoms with van der Waals surface area (Å²) in [7, 11) is 2.10. The van der Waals surface area contributed by atoms with Crippen molar-refractivity contribution in [2.24, 2.45) is 5.92 Å². The Kier molecular flexibility index (Phi) is 3.29. The van der Waals surface area contributed by atoms with E-state index in [0.29, 0.717) is 5.92 Å². The fourth-order valence-corrected chi connectivity index (χ4v) is 1.58. The quantitative estimate of drug-likeness (QED) is 0.640. The summed E-state index contributed by atoms with van der Waals surface area (Å²) in [6, 6.07) is 0. The van der Waals surface area contributed by atoms with Crippen LogP contribution in [0.4, 0.5) is 0 Å². The van der Waals surface area contributed by atoms with Gasteiger partial charge in [0.25, 0.3) is 0 Å². The Bertz CT molecular complexity index is 189. The fourth-order valence-electron chi connectivity index (χ4n) is 1.58. The topological polar surface area (TPSA) is 40.5 Å². The first-order chi connectivity index (χ1) is 5.68. The first kappa shape index (κ1) is 9.26. The minimum atomic E-state index is -0.846. The first-order valence-corrected chi connectivity index (χ1v) is 4.26. The number of rotatable bonds is 3. The molecule has 1 unspecified atom stereocenters. The highest BCUT2D eigenvalue weighted by Gasteiger charge is 2.17. The molecule has 1 rings (SSSR count). The smallest absolute Gasteiger partial charge is 0.327 e. The fraction of sp³-hybridized carbons (Fsp3) is 0.667. The second-order valence-corrected chi connectivity index (χ2v) is 3.39. The number of carboxylic acid groups (broad SMARTS) is 1. The lowest BCUT2D eigenvalue weighted by Gasteiger charge is -2.06. The zero-order valence-electron chi connectivity index (χ0n) is 7.36. The first-order valence-electron chi connectivity index (χ1n) is 4.26. The van der Waals surface area contributed by atoms with Crippen LogP contribution < -0.4 is 0 Å². The van der Waals surface area contributed by atoms with Gasteiger partial charge >= 0.3 is 5.97 Å². The molecule has 1 fully saturated rings. The van der Waals surface area contributed by atoms with Crippen LogP contribution in [0.1, 0.15) is 12.8 Å². The minimum absolute atomic E-state index is 0.658. The van der Waals surface area contributed by atoms with Gasteiger partial charge in [-0.1, -0.05) is 6.08 Å². The molecule has 0 aromatic rings. The van der Waals surface area contributed by atoms with Gasteiger partial charge < -0.3 is 10.0 Å². The van der Waals surface area contributed by atoms with Crippen molar-refractivity contribution in [3.63, 3.8) is 0 Å². The number of allylic oxidation sites excluding steroid dienone is 1. The average Bonchev–Trinajstić information content (AvgIpc) is 2.35. The molecule has 0 aliphatic carbocycles. The lowest BCUT2D eigenvalue weighted by Crippen LogP contribution is -2.13. The molecule has 0 bridgehead atoms. The van der Waals surface area contributed by atoms with Crippen LogP contribution in [0.2, 0.25) is 0 Å². The number of carboxylic acids is 1. The zero-order valence-corrected chi connectivity index (χ0v) is 7.36. The van der Waals surface area contributed by atoms with E-state index in [9.17, 15) is 4.79 Å². The molecule has 3 nitrogen and oxygen atoms in total. The molecule has 1 N–H and O–H groups in total. The number of hydrogen-bond donors (Lipinski definition) is 1. The van der Waals surface area contributed by atoms with E-state index in [1.165, 1.54) is 12.5 Å². The molecule has 68 valence electrons. The molecule has 0 saturated carbocycles. The van der Waals surface area contributed by atoms with Crippen molar-refractivity contribution in [1.29, 1.82) is 0 Å². The van der Waals surface area contributed by atoms with E-state index in [-0.39, 0.29) is 0 Å². The van der Waals surface area contributed by atoms with E-state index >= 15 is 0 Å². The van der Waals surface area contributed by atoms with Crippen molar-refractivity contribution in [1.82, 2.24) is 4.90 Å². The molecule has 0 aromatic carbocycles. The van der Waals surface area contributed by atoms with Crippen molar-refractivity contribution in [2.45, 2.75) is 12.8 Å². The molecule has 1 atom stereocenters. The van der Waals surface area contributed by atoms with E-state index in [1.54, 1.807) is 6.08 Å². The number of nitrogens with zero attached hydrogens (tertiary/aromatic N) is 1. The van der Waals surface area contributed by atoms with Crippen molar-refractivity contribution >= 4 is 5.97 Å². The lowest BCUT2D eigenvalue weighted by molar-refractivity contribution is -0.131. The van der Waals surface area contributed by atoms with Crippen LogP contribution in [0, 0.1) is 5.92 Å². The number of carbonyl (C=O) groups is 1. The predicted molar refractivity (Wildman–Crippen MR) is 47.0 cm³/mol. The summed E-state index contributed by atoms with van der Waals surface area (Å²) in [5, 5.41) is 8.34. The maximum atomic E-state index is 10.1. The zero-order chi connectivity index (χ0) is 8.97. The molecule has 0 spiro atoms. The highest BCUT2D eigenvalue weighted by molar-refractivity contribution is 5.79. The normalized spacial score (nSPS) is 25.2. The molecule has 0 aromatic heterocycles. The predicted octanol–water partition coefficient (Wildman–Crippen LogP) is 0.969. The maximum absolute atomic E-state index is 10.1. The van der Waals surface area contributed by atoms with Gasteiger partial charge in [-0.25, -0.2) is 4.79 Å².